The van der Waals surface area contributed by atoms with E-state index in [4.69, 9.17) is 0 Å². The molecule has 0 heterocycles. The van der Waals surface area contributed by atoms with Crippen LogP contribution in [0.5, 0.6) is 0 Å². The zero-order valence-electron chi connectivity index (χ0n) is 13.8. The summed E-state index contributed by atoms with van der Waals surface area (Å²) in [5, 5.41) is -0.831. The SMILES string of the molecule is C=Cc1cccc(C[N+](CC)(CC)CCC(C)S(=O)(=O)[O-])c1. The van der Waals surface area contributed by atoms with E-state index in [1.54, 1.807) is 0 Å². The van der Waals surface area contributed by atoms with E-state index in [2.05, 4.69) is 32.6 Å². The lowest BCUT2D eigenvalue weighted by molar-refractivity contribution is -0.937. The number of nitrogens with zero attached hydrogens (tertiary/aromatic N) is 1. The molecular weight excluding hydrogens is 298 g/mol. The van der Waals surface area contributed by atoms with E-state index in [1.807, 2.05) is 18.2 Å². The number of hydrogen-bond donors (Lipinski definition) is 0. The molecule has 0 fully saturated rings. The molecule has 1 unspecified atom stereocenters. The molecule has 1 rings (SSSR count). The smallest absolute Gasteiger partial charge is 0.104 e. The third kappa shape index (κ3) is 5.23. The van der Waals surface area contributed by atoms with E-state index >= 15 is 0 Å². The molecule has 0 radical (unpaired) electrons. The van der Waals surface area contributed by atoms with Crippen LogP contribution in [0.15, 0.2) is 30.8 Å². The van der Waals surface area contributed by atoms with Gasteiger partial charge >= 0.3 is 0 Å². The van der Waals surface area contributed by atoms with Crippen molar-refractivity contribution in [1.82, 2.24) is 0 Å². The molecule has 0 aromatic heterocycles. The fourth-order valence-electron chi connectivity index (χ4n) is 2.65. The Balaban J connectivity index is 2.88. The average Bonchev–Trinajstić information content (AvgIpc) is 2.50. The first-order valence-corrected chi connectivity index (χ1v) is 9.24. The fourth-order valence-corrected chi connectivity index (χ4v) is 3.04. The number of quaternary nitrogens is 1. The predicted molar refractivity (Wildman–Crippen MR) is 90.2 cm³/mol. The van der Waals surface area contributed by atoms with Crippen LogP contribution >= 0.6 is 0 Å². The van der Waals surface area contributed by atoms with Crippen molar-refractivity contribution in [3.63, 3.8) is 0 Å². The lowest BCUT2D eigenvalue weighted by Gasteiger charge is -2.38. The quantitative estimate of drug-likeness (QED) is 0.518. The Kier molecular flexibility index (Phi) is 6.78. The zero-order chi connectivity index (χ0) is 16.8. The topological polar surface area (TPSA) is 57.2 Å². The molecule has 1 aromatic rings. The Morgan fingerprint density at radius 2 is 1.95 bits per heavy atom. The molecule has 0 spiro atoms. The highest BCUT2D eigenvalue weighted by Gasteiger charge is 2.25. The van der Waals surface area contributed by atoms with Crippen LogP contribution in [-0.4, -0.2) is 42.3 Å². The van der Waals surface area contributed by atoms with Crippen LogP contribution in [0.2, 0.25) is 0 Å². The Morgan fingerprint density at radius 3 is 2.45 bits per heavy atom. The average molecular weight is 325 g/mol. The largest absolute Gasteiger partial charge is 0.748 e. The number of rotatable bonds is 9. The third-order valence-electron chi connectivity index (χ3n) is 4.55. The minimum atomic E-state index is -4.20. The van der Waals surface area contributed by atoms with Gasteiger partial charge in [-0.2, -0.15) is 0 Å². The van der Waals surface area contributed by atoms with Crippen LogP contribution in [-0.2, 0) is 16.7 Å². The highest BCUT2D eigenvalue weighted by atomic mass is 32.2. The van der Waals surface area contributed by atoms with E-state index in [-0.39, 0.29) is 0 Å². The first kappa shape index (κ1) is 18.9. The molecule has 0 bridgehead atoms. The van der Waals surface area contributed by atoms with Gasteiger partial charge in [0.25, 0.3) is 0 Å². The molecule has 0 saturated heterocycles. The van der Waals surface area contributed by atoms with Gasteiger partial charge in [0.15, 0.2) is 0 Å². The maximum Gasteiger partial charge on any atom is 0.104 e. The van der Waals surface area contributed by atoms with Gasteiger partial charge in [-0.15, -0.1) is 0 Å². The molecule has 22 heavy (non-hydrogen) atoms. The first-order valence-electron chi connectivity index (χ1n) is 7.77. The van der Waals surface area contributed by atoms with Crippen molar-refractivity contribution in [2.45, 2.75) is 39.0 Å². The van der Waals surface area contributed by atoms with Gasteiger partial charge in [0.2, 0.25) is 0 Å². The maximum atomic E-state index is 11.1. The van der Waals surface area contributed by atoms with E-state index in [0.29, 0.717) is 13.0 Å². The summed E-state index contributed by atoms with van der Waals surface area (Å²) in [6.07, 6.45) is 2.22. The summed E-state index contributed by atoms with van der Waals surface area (Å²) in [7, 11) is -4.20. The molecule has 1 atom stereocenters. The van der Waals surface area contributed by atoms with Gasteiger partial charge in [0.05, 0.1) is 35.0 Å². The Labute approximate surface area is 134 Å². The summed E-state index contributed by atoms with van der Waals surface area (Å²) in [5.41, 5.74) is 2.29. The van der Waals surface area contributed by atoms with Crippen molar-refractivity contribution < 1.29 is 17.5 Å². The van der Waals surface area contributed by atoms with E-state index in [0.717, 1.165) is 29.7 Å². The van der Waals surface area contributed by atoms with Crippen molar-refractivity contribution in [1.29, 1.82) is 0 Å². The van der Waals surface area contributed by atoms with Crippen molar-refractivity contribution in [3.8, 4) is 0 Å². The lowest BCUT2D eigenvalue weighted by atomic mass is 10.1. The summed E-state index contributed by atoms with van der Waals surface area (Å²) in [6.45, 7) is 12.8. The van der Waals surface area contributed by atoms with Gasteiger partial charge in [-0.05, 0) is 32.4 Å². The van der Waals surface area contributed by atoms with Crippen LogP contribution in [0, 0.1) is 0 Å². The van der Waals surface area contributed by atoms with E-state index < -0.39 is 15.4 Å². The zero-order valence-corrected chi connectivity index (χ0v) is 14.6. The van der Waals surface area contributed by atoms with Gasteiger partial charge in [0.1, 0.15) is 6.54 Å². The molecule has 124 valence electrons. The normalized spacial score (nSPS) is 13.8. The minimum absolute atomic E-state index is 0.397. The van der Waals surface area contributed by atoms with Gasteiger partial charge in [-0.1, -0.05) is 30.9 Å². The van der Waals surface area contributed by atoms with Gasteiger partial charge in [-0.3, -0.25) is 0 Å². The van der Waals surface area contributed by atoms with Gasteiger partial charge < -0.3 is 9.04 Å². The summed E-state index contributed by atoms with van der Waals surface area (Å²) in [6, 6.07) is 8.21. The molecule has 4 nitrogen and oxygen atoms in total. The van der Waals surface area contributed by atoms with Crippen LogP contribution in [0.25, 0.3) is 6.08 Å². The highest BCUT2D eigenvalue weighted by molar-refractivity contribution is 7.86. The maximum absolute atomic E-state index is 11.1. The van der Waals surface area contributed by atoms with Crippen LogP contribution in [0.4, 0.5) is 0 Å². The van der Waals surface area contributed by atoms with E-state index in [1.165, 1.54) is 12.5 Å². The molecule has 1 aromatic carbocycles. The molecule has 0 N–H and O–H groups in total. The molecule has 0 aliphatic heterocycles. The van der Waals surface area contributed by atoms with Gasteiger partial charge in [0, 0.05) is 12.0 Å². The minimum Gasteiger partial charge on any atom is -0.748 e. The monoisotopic (exact) mass is 325 g/mol. The number of hydrogen-bond acceptors (Lipinski definition) is 3. The first-order chi connectivity index (χ1) is 10.3. The summed E-state index contributed by atoms with van der Waals surface area (Å²) < 4.78 is 34.1. The van der Waals surface area contributed by atoms with Crippen LogP contribution in [0.3, 0.4) is 0 Å². The molecule has 0 aliphatic rings. The summed E-state index contributed by atoms with van der Waals surface area (Å²) in [4.78, 5) is 0. The second-order valence-corrected chi connectivity index (χ2v) is 7.69. The molecule has 0 aliphatic carbocycles. The van der Waals surface area contributed by atoms with Crippen molar-refractivity contribution in [2.75, 3.05) is 19.6 Å². The van der Waals surface area contributed by atoms with Crippen LogP contribution in [0.1, 0.15) is 38.3 Å². The molecule has 0 saturated carbocycles. The molecular formula is C17H27NO3S. The summed E-state index contributed by atoms with van der Waals surface area (Å²) in [5.74, 6) is 0. The fraction of sp³-hybridized carbons (Fsp3) is 0.529. The second kappa shape index (κ2) is 7.90. The van der Waals surface area contributed by atoms with Crippen LogP contribution < -0.4 is 0 Å². The lowest BCUT2D eigenvalue weighted by Crippen LogP contribution is -2.48. The standard InChI is InChI=1S/C17H27NO3S/c1-5-16-9-8-10-17(13-16)14-18(6-2,7-3)12-11-15(4)22(19,20)21/h5,8-10,13,15H,1,6-7,11-12,14H2,2-4H3. The Hall–Kier alpha value is -1.17. The van der Waals surface area contributed by atoms with Gasteiger partial charge in [-0.25, -0.2) is 8.42 Å². The van der Waals surface area contributed by atoms with E-state index in [9.17, 15) is 13.0 Å². The molecule has 0 amide bonds. The Morgan fingerprint density at radius 1 is 1.32 bits per heavy atom. The molecule has 5 heteroatoms. The predicted octanol–water partition coefficient (Wildman–Crippen LogP) is 3.01. The number of benzene rings is 1. The highest BCUT2D eigenvalue weighted by Crippen LogP contribution is 2.19. The van der Waals surface area contributed by atoms with Crippen molar-refractivity contribution in [2.24, 2.45) is 0 Å². The van der Waals surface area contributed by atoms with Crippen molar-refractivity contribution in [3.05, 3.63) is 42.0 Å². The Bertz CT molecular complexity index is 592. The summed E-state index contributed by atoms with van der Waals surface area (Å²) >= 11 is 0. The third-order valence-corrected chi connectivity index (χ3v) is 5.77. The second-order valence-electron chi connectivity index (χ2n) is 5.90. The van der Waals surface area contributed by atoms with Crippen molar-refractivity contribution >= 4 is 16.2 Å².